The summed E-state index contributed by atoms with van der Waals surface area (Å²) in [6.07, 6.45) is 2.30. The van der Waals surface area contributed by atoms with Crippen LogP contribution in [0.4, 0.5) is 14.9 Å². The van der Waals surface area contributed by atoms with Gasteiger partial charge in [0.25, 0.3) is 0 Å². The van der Waals surface area contributed by atoms with Gasteiger partial charge in [-0.2, -0.15) is 0 Å². The molecule has 1 aliphatic rings. The zero-order valence-electron chi connectivity index (χ0n) is 11.5. The largest absolute Gasteiger partial charge is 0.341 e. The molecule has 1 aliphatic carbocycles. The number of guanidine groups is 1. The molecule has 8 heteroatoms. The molecule has 1 aromatic rings. The molecule has 0 atom stereocenters. The molecule has 1 saturated carbocycles. The molecule has 1 aromatic carbocycles. The van der Waals surface area contributed by atoms with Crippen LogP contribution in [0.1, 0.15) is 12.8 Å². The maximum atomic E-state index is 13.2. The van der Waals surface area contributed by atoms with Crippen LogP contribution in [0, 0.1) is 11.7 Å². The molecular formula is C13H17Cl2FN4O. The van der Waals surface area contributed by atoms with Crippen molar-refractivity contribution < 1.29 is 9.18 Å². The first kappa shape index (κ1) is 17.5. The molecule has 0 saturated heterocycles. The van der Waals surface area contributed by atoms with E-state index in [4.69, 9.17) is 11.6 Å². The van der Waals surface area contributed by atoms with Gasteiger partial charge in [0.2, 0.25) is 5.96 Å². The van der Waals surface area contributed by atoms with E-state index < -0.39 is 11.8 Å². The van der Waals surface area contributed by atoms with Gasteiger partial charge in [0.1, 0.15) is 5.82 Å². The van der Waals surface area contributed by atoms with Crippen LogP contribution in [0.25, 0.3) is 0 Å². The lowest BCUT2D eigenvalue weighted by Gasteiger charge is -2.12. The van der Waals surface area contributed by atoms with Gasteiger partial charge in [-0.05, 0) is 37.0 Å². The van der Waals surface area contributed by atoms with Gasteiger partial charge >= 0.3 is 6.03 Å². The van der Waals surface area contributed by atoms with E-state index >= 15 is 0 Å². The SMILES string of the molecule is CNC(=O)NC(=NCC1CC1)Nc1cc(F)ccc1Cl.Cl. The Morgan fingerprint density at radius 1 is 1.48 bits per heavy atom. The van der Waals surface area contributed by atoms with Crippen LogP contribution in [0.3, 0.4) is 0 Å². The number of aliphatic imine (C=N–C) groups is 1. The molecule has 116 valence electrons. The fourth-order valence-corrected chi connectivity index (χ4v) is 1.69. The molecule has 0 unspecified atom stereocenters. The number of hydrogen-bond donors (Lipinski definition) is 3. The number of carbonyl (C=O) groups is 1. The molecule has 21 heavy (non-hydrogen) atoms. The van der Waals surface area contributed by atoms with Crippen molar-refractivity contribution in [1.82, 2.24) is 10.6 Å². The van der Waals surface area contributed by atoms with Crippen molar-refractivity contribution in [2.24, 2.45) is 10.9 Å². The maximum absolute atomic E-state index is 13.2. The number of nitrogens with zero attached hydrogens (tertiary/aromatic N) is 1. The van der Waals surface area contributed by atoms with E-state index in [2.05, 4.69) is 20.9 Å². The highest BCUT2D eigenvalue weighted by Crippen LogP contribution is 2.29. The second-order valence-corrected chi connectivity index (χ2v) is 4.99. The molecule has 0 bridgehead atoms. The van der Waals surface area contributed by atoms with E-state index in [1.807, 2.05) is 0 Å². The third kappa shape index (κ3) is 5.77. The molecule has 1 fully saturated rings. The zero-order chi connectivity index (χ0) is 14.5. The Labute approximate surface area is 133 Å². The normalized spacial score (nSPS) is 14.1. The van der Waals surface area contributed by atoms with E-state index in [1.165, 1.54) is 25.2 Å². The Morgan fingerprint density at radius 2 is 2.19 bits per heavy atom. The van der Waals surface area contributed by atoms with Crippen LogP contribution in [-0.2, 0) is 0 Å². The van der Waals surface area contributed by atoms with E-state index in [-0.39, 0.29) is 18.4 Å². The molecule has 0 spiro atoms. The van der Waals surface area contributed by atoms with Crippen LogP contribution in [0.2, 0.25) is 5.02 Å². The summed E-state index contributed by atoms with van der Waals surface area (Å²) >= 11 is 5.97. The Morgan fingerprint density at radius 3 is 2.81 bits per heavy atom. The van der Waals surface area contributed by atoms with Crippen molar-refractivity contribution in [1.29, 1.82) is 0 Å². The Balaban J connectivity index is 0.00000220. The van der Waals surface area contributed by atoms with Crippen LogP contribution < -0.4 is 16.0 Å². The standard InChI is InChI=1S/C13H16ClFN4O.ClH/c1-16-13(20)19-12(17-7-8-2-3-8)18-11-6-9(15)4-5-10(11)14;/h4-6,8H,2-3,7H2,1H3,(H3,16,17,18,19,20);1H. The van der Waals surface area contributed by atoms with Crippen molar-refractivity contribution in [2.45, 2.75) is 12.8 Å². The van der Waals surface area contributed by atoms with Crippen LogP contribution in [-0.4, -0.2) is 25.6 Å². The van der Waals surface area contributed by atoms with Crippen LogP contribution in [0.5, 0.6) is 0 Å². The number of hydrogen-bond acceptors (Lipinski definition) is 2. The molecular weight excluding hydrogens is 318 g/mol. The minimum absolute atomic E-state index is 0. The highest BCUT2D eigenvalue weighted by Gasteiger charge is 2.21. The first-order valence-electron chi connectivity index (χ1n) is 6.33. The molecule has 3 N–H and O–H groups in total. The minimum Gasteiger partial charge on any atom is -0.341 e. The van der Waals surface area contributed by atoms with Crippen LogP contribution in [0.15, 0.2) is 23.2 Å². The number of amides is 2. The van der Waals surface area contributed by atoms with Gasteiger partial charge in [0.15, 0.2) is 0 Å². The summed E-state index contributed by atoms with van der Waals surface area (Å²) in [5.41, 5.74) is 0.359. The molecule has 0 heterocycles. The van der Waals surface area contributed by atoms with Gasteiger partial charge in [-0.3, -0.25) is 10.3 Å². The van der Waals surface area contributed by atoms with E-state index in [1.54, 1.807) is 0 Å². The van der Waals surface area contributed by atoms with Gasteiger partial charge in [-0.1, -0.05) is 11.6 Å². The van der Waals surface area contributed by atoms with Gasteiger partial charge in [-0.15, -0.1) is 12.4 Å². The number of rotatable bonds is 3. The van der Waals surface area contributed by atoms with Gasteiger partial charge in [0, 0.05) is 13.6 Å². The second kappa shape index (κ2) is 8.05. The molecule has 2 amide bonds. The summed E-state index contributed by atoms with van der Waals surface area (Å²) in [6.45, 7) is 0.624. The summed E-state index contributed by atoms with van der Waals surface area (Å²) < 4.78 is 13.2. The quantitative estimate of drug-likeness (QED) is 0.587. The fraction of sp³-hybridized carbons (Fsp3) is 0.385. The summed E-state index contributed by atoms with van der Waals surface area (Å²) in [5, 5.41) is 8.18. The average Bonchev–Trinajstić information content (AvgIpc) is 3.24. The number of anilines is 1. The van der Waals surface area contributed by atoms with Crippen molar-refractivity contribution >= 4 is 41.7 Å². The first-order chi connectivity index (χ1) is 9.58. The topological polar surface area (TPSA) is 65.5 Å². The molecule has 2 rings (SSSR count). The zero-order valence-corrected chi connectivity index (χ0v) is 13.0. The third-order valence-corrected chi connectivity index (χ3v) is 3.17. The summed E-state index contributed by atoms with van der Waals surface area (Å²) in [5.74, 6) is 0.406. The minimum atomic E-state index is -0.418. The second-order valence-electron chi connectivity index (χ2n) is 4.59. The highest BCUT2D eigenvalue weighted by molar-refractivity contribution is 6.33. The first-order valence-corrected chi connectivity index (χ1v) is 6.71. The third-order valence-electron chi connectivity index (χ3n) is 2.84. The summed E-state index contributed by atoms with van der Waals surface area (Å²) in [7, 11) is 1.50. The fourth-order valence-electron chi connectivity index (χ4n) is 1.52. The predicted octanol–water partition coefficient (Wildman–Crippen LogP) is 3.01. The summed E-state index contributed by atoms with van der Waals surface area (Å²) in [6, 6.07) is 3.55. The average molecular weight is 335 g/mol. The highest BCUT2D eigenvalue weighted by atomic mass is 35.5. The molecule has 0 aliphatic heterocycles. The van der Waals surface area contributed by atoms with E-state index in [0.29, 0.717) is 23.2 Å². The number of nitrogens with one attached hydrogen (secondary N) is 3. The van der Waals surface area contributed by atoms with E-state index in [0.717, 1.165) is 12.8 Å². The van der Waals surface area contributed by atoms with Crippen molar-refractivity contribution in [3.63, 3.8) is 0 Å². The van der Waals surface area contributed by atoms with Crippen LogP contribution >= 0.6 is 24.0 Å². The Kier molecular flexibility index (Phi) is 6.71. The van der Waals surface area contributed by atoms with Gasteiger partial charge in [-0.25, -0.2) is 9.18 Å². The number of halogens is 3. The Hall–Kier alpha value is -1.53. The smallest absolute Gasteiger partial charge is 0.321 e. The molecule has 5 nitrogen and oxygen atoms in total. The number of urea groups is 1. The Bertz CT molecular complexity index is 535. The predicted molar refractivity (Wildman–Crippen MR) is 84.9 cm³/mol. The molecule has 0 aromatic heterocycles. The maximum Gasteiger partial charge on any atom is 0.321 e. The van der Waals surface area contributed by atoms with Gasteiger partial charge in [0.05, 0.1) is 10.7 Å². The van der Waals surface area contributed by atoms with Gasteiger partial charge < -0.3 is 10.6 Å². The number of benzene rings is 1. The van der Waals surface area contributed by atoms with Crippen molar-refractivity contribution in [3.05, 3.63) is 29.0 Å². The molecule has 0 radical (unpaired) electrons. The van der Waals surface area contributed by atoms with E-state index in [9.17, 15) is 9.18 Å². The van der Waals surface area contributed by atoms with Crippen molar-refractivity contribution in [3.8, 4) is 0 Å². The number of carbonyl (C=O) groups excluding carboxylic acids is 1. The monoisotopic (exact) mass is 334 g/mol. The lowest BCUT2D eigenvalue weighted by atomic mass is 10.3. The lowest BCUT2D eigenvalue weighted by molar-refractivity contribution is 0.247. The lowest BCUT2D eigenvalue weighted by Crippen LogP contribution is -2.41. The summed E-state index contributed by atoms with van der Waals surface area (Å²) in [4.78, 5) is 15.7. The van der Waals surface area contributed by atoms with Crippen molar-refractivity contribution in [2.75, 3.05) is 18.9 Å².